The van der Waals surface area contributed by atoms with Crippen LogP contribution in [0.5, 0.6) is 0 Å². The van der Waals surface area contributed by atoms with Crippen LogP contribution in [0.3, 0.4) is 0 Å². The van der Waals surface area contributed by atoms with Gasteiger partial charge in [-0.25, -0.2) is 0 Å². The van der Waals surface area contributed by atoms with Crippen molar-refractivity contribution in [3.63, 3.8) is 0 Å². The molecular formula is C54H57BN2. The van der Waals surface area contributed by atoms with Gasteiger partial charge >= 0.3 is 0 Å². The van der Waals surface area contributed by atoms with Crippen LogP contribution in [0.2, 0.25) is 0 Å². The number of unbranched alkanes of at least 4 members (excludes halogenated alkanes) is 1. The van der Waals surface area contributed by atoms with E-state index in [4.69, 9.17) is 0 Å². The second-order valence-corrected chi connectivity index (χ2v) is 17.7. The molecule has 286 valence electrons. The lowest BCUT2D eigenvalue weighted by Gasteiger charge is -2.45. The topological polar surface area (TPSA) is 6.48 Å². The van der Waals surface area contributed by atoms with Crippen molar-refractivity contribution in [2.75, 3.05) is 9.80 Å². The van der Waals surface area contributed by atoms with E-state index in [0.717, 1.165) is 12.8 Å². The van der Waals surface area contributed by atoms with Crippen LogP contribution in [0.4, 0.5) is 34.1 Å². The van der Waals surface area contributed by atoms with Crippen molar-refractivity contribution in [2.24, 2.45) is 0 Å². The van der Waals surface area contributed by atoms with Crippen LogP contribution in [0.15, 0.2) is 115 Å². The Hall–Kier alpha value is -5.28. The van der Waals surface area contributed by atoms with Gasteiger partial charge in [-0.1, -0.05) is 131 Å². The Morgan fingerprint density at radius 2 is 1.32 bits per heavy atom. The van der Waals surface area contributed by atoms with Crippen LogP contribution in [0.1, 0.15) is 112 Å². The zero-order chi connectivity index (χ0) is 39.6. The summed E-state index contributed by atoms with van der Waals surface area (Å²) in [5.74, 6) is 0.537. The van der Waals surface area contributed by atoms with Gasteiger partial charge in [-0.3, -0.25) is 0 Å². The molecule has 6 aromatic rings. The molecule has 3 heteroatoms. The maximum atomic E-state index is 2.65. The fourth-order valence-electron chi connectivity index (χ4n) is 10.1. The van der Waals surface area contributed by atoms with Crippen molar-refractivity contribution in [2.45, 2.75) is 105 Å². The molecule has 0 fully saturated rings. The van der Waals surface area contributed by atoms with Gasteiger partial charge in [-0.05, 0) is 151 Å². The molecule has 1 unspecified atom stereocenters. The number of hydrogen-bond donors (Lipinski definition) is 0. The SMILES string of the molecule is CCCCc1ccc(N2c3ccc(C)cc3B3c4cc5c(cc4N(c4ccc(C(CC)CCC)cc4-c4ccc(C)cc4)c4cc(C)cc2c43)C(C)(C)C=C5)cc1. The van der Waals surface area contributed by atoms with Gasteiger partial charge in [0.15, 0.2) is 0 Å². The predicted molar refractivity (Wildman–Crippen MR) is 249 cm³/mol. The molecule has 0 saturated heterocycles. The molecule has 3 aliphatic rings. The minimum absolute atomic E-state index is 0.0482. The standard InChI is InChI=1S/C54H57BN2/c1-9-12-14-38-18-23-43(24-19-38)56-49-25-17-36(5)29-46(49)55-47-33-42-27-28-54(7,8)45(42)34-50(47)57(52-31-37(6)30-51(56)53(52)55)48-26-22-41(39(11-3)13-10-2)32-44(48)40-20-15-35(4)16-21-40/h15-34,39H,9-14H2,1-8H3. The molecule has 0 amide bonds. The van der Waals surface area contributed by atoms with Gasteiger partial charge in [0.05, 0.1) is 5.69 Å². The fourth-order valence-corrected chi connectivity index (χ4v) is 10.1. The van der Waals surface area contributed by atoms with E-state index < -0.39 is 0 Å². The average molecular weight is 745 g/mol. The second kappa shape index (κ2) is 14.6. The number of fused-ring (bicyclic) bond motifs is 5. The zero-order valence-corrected chi connectivity index (χ0v) is 35.3. The maximum Gasteiger partial charge on any atom is 0.252 e. The highest BCUT2D eigenvalue weighted by atomic mass is 15.2. The third-order valence-corrected chi connectivity index (χ3v) is 13.1. The van der Waals surface area contributed by atoms with E-state index in [1.165, 1.54) is 126 Å². The molecule has 0 bridgehead atoms. The largest absolute Gasteiger partial charge is 0.311 e. The van der Waals surface area contributed by atoms with E-state index in [1.807, 2.05) is 0 Å². The summed E-state index contributed by atoms with van der Waals surface area (Å²) in [6.45, 7) is 18.5. The van der Waals surface area contributed by atoms with Crippen LogP contribution >= 0.6 is 0 Å². The van der Waals surface area contributed by atoms with E-state index in [0.29, 0.717) is 5.92 Å². The van der Waals surface area contributed by atoms with Crippen LogP contribution in [0, 0.1) is 20.8 Å². The lowest BCUT2D eigenvalue weighted by atomic mass is 9.33. The smallest absolute Gasteiger partial charge is 0.252 e. The van der Waals surface area contributed by atoms with E-state index in [-0.39, 0.29) is 12.1 Å². The lowest BCUT2D eigenvalue weighted by molar-refractivity contribution is 0.596. The Balaban J connectivity index is 1.35. The Morgan fingerprint density at radius 1 is 0.614 bits per heavy atom. The Bertz CT molecular complexity index is 2520. The number of allylic oxidation sites excluding steroid dienone is 1. The van der Waals surface area contributed by atoms with Crippen molar-refractivity contribution in [3.05, 3.63) is 154 Å². The first-order chi connectivity index (χ1) is 27.6. The summed E-state index contributed by atoms with van der Waals surface area (Å²) in [6.07, 6.45) is 11.8. The van der Waals surface area contributed by atoms with Crippen molar-refractivity contribution in [3.8, 4) is 11.1 Å². The average Bonchev–Trinajstić information content (AvgIpc) is 3.51. The van der Waals surface area contributed by atoms with Gasteiger partial charge in [0.1, 0.15) is 0 Å². The maximum absolute atomic E-state index is 2.65. The van der Waals surface area contributed by atoms with E-state index in [2.05, 4.69) is 187 Å². The van der Waals surface area contributed by atoms with Crippen molar-refractivity contribution < 1.29 is 0 Å². The minimum Gasteiger partial charge on any atom is -0.311 e. The van der Waals surface area contributed by atoms with Crippen molar-refractivity contribution in [1.82, 2.24) is 0 Å². The van der Waals surface area contributed by atoms with Gasteiger partial charge in [-0.2, -0.15) is 0 Å². The van der Waals surface area contributed by atoms with Gasteiger partial charge in [0, 0.05) is 39.4 Å². The number of aryl methyl sites for hydroxylation is 4. The second-order valence-electron chi connectivity index (χ2n) is 17.7. The fraction of sp³-hybridized carbons (Fsp3) is 0.296. The minimum atomic E-state index is -0.0482. The molecule has 0 radical (unpaired) electrons. The zero-order valence-electron chi connectivity index (χ0n) is 35.3. The molecule has 2 heterocycles. The van der Waals surface area contributed by atoms with E-state index >= 15 is 0 Å². The van der Waals surface area contributed by atoms with Gasteiger partial charge in [0.25, 0.3) is 6.71 Å². The summed E-state index contributed by atoms with van der Waals surface area (Å²) in [7, 11) is 0. The van der Waals surface area contributed by atoms with Crippen molar-refractivity contribution in [1.29, 1.82) is 0 Å². The Morgan fingerprint density at radius 3 is 2.04 bits per heavy atom. The molecule has 1 atom stereocenters. The number of rotatable bonds is 10. The van der Waals surface area contributed by atoms with Crippen LogP contribution in [-0.2, 0) is 11.8 Å². The first-order valence-corrected chi connectivity index (χ1v) is 21.6. The quantitative estimate of drug-likeness (QED) is 0.129. The highest BCUT2D eigenvalue weighted by Crippen LogP contribution is 2.49. The summed E-state index contributed by atoms with van der Waals surface area (Å²) in [5.41, 5.74) is 23.7. The third kappa shape index (κ3) is 6.35. The summed E-state index contributed by atoms with van der Waals surface area (Å²) in [5, 5.41) is 0. The first-order valence-electron chi connectivity index (χ1n) is 21.6. The first kappa shape index (κ1) is 37.3. The molecule has 0 N–H and O–H groups in total. The molecule has 2 aliphatic heterocycles. The Labute approximate surface area is 342 Å². The molecule has 0 spiro atoms. The van der Waals surface area contributed by atoms with Gasteiger partial charge in [0.2, 0.25) is 0 Å². The van der Waals surface area contributed by atoms with Gasteiger partial charge in [-0.15, -0.1) is 0 Å². The summed E-state index contributed by atoms with van der Waals surface area (Å²) in [6, 6.07) is 43.2. The number of anilines is 6. The van der Waals surface area contributed by atoms with Gasteiger partial charge < -0.3 is 9.80 Å². The summed E-state index contributed by atoms with van der Waals surface area (Å²) < 4.78 is 0. The molecule has 0 aromatic heterocycles. The van der Waals surface area contributed by atoms with Crippen LogP contribution < -0.4 is 26.2 Å². The highest BCUT2D eigenvalue weighted by Gasteiger charge is 2.45. The molecule has 0 saturated carbocycles. The molecular weight excluding hydrogens is 687 g/mol. The predicted octanol–water partition coefficient (Wildman–Crippen LogP) is 13.3. The number of benzene rings is 6. The molecule has 9 rings (SSSR count). The normalized spacial score (nSPS) is 15.0. The molecule has 6 aromatic carbocycles. The molecule has 2 nitrogen and oxygen atoms in total. The third-order valence-electron chi connectivity index (χ3n) is 13.1. The van der Waals surface area contributed by atoms with Crippen LogP contribution in [-0.4, -0.2) is 6.71 Å². The Kier molecular flexibility index (Phi) is 9.55. The number of hydrogen-bond acceptors (Lipinski definition) is 2. The lowest BCUT2D eigenvalue weighted by Crippen LogP contribution is -2.61. The summed E-state index contributed by atoms with van der Waals surface area (Å²) >= 11 is 0. The monoisotopic (exact) mass is 744 g/mol. The van der Waals surface area contributed by atoms with E-state index in [1.54, 1.807) is 0 Å². The number of nitrogens with zero attached hydrogens (tertiary/aromatic N) is 2. The molecule has 57 heavy (non-hydrogen) atoms. The molecule has 1 aliphatic carbocycles. The van der Waals surface area contributed by atoms with E-state index in [9.17, 15) is 0 Å². The van der Waals surface area contributed by atoms with Crippen LogP contribution in [0.25, 0.3) is 17.2 Å². The highest BCUT2D eigenvalue weighted by molar-refractivity contribution is 7.00. The van der Waals surface area contributed by atoms with Crippen molar-refractivity contribution >= 4 is 63.3 Å². The summed E-state index contributed by atoms with van der Waals surface area (Å²) in [4.78, 5) is 5.21.